The van der Waals surface area contributed by atoms with E-state index in [1.54, 1.807) is 4.68 Å². The van der Waals surface area contributed by atoms with Crippen LogP contribution in [0.4, 0.5) is 0 Å². The molecule has 0 saturated carbocycles. The first-order valence-electron chi connectivity index (χ1n) is 5.47. The summed E-state index contributed by atoms with van der Waals surface area (Å²) in [5.74, 6) is 0. The monoisotopic (exact) mass is 235 g/mol. The van der Waals surface area contributed by atoms with E-state index < -0.39 is 0 Å². The summed E-state index contributed by atoms with van der Waals surface area (Å²) in [4.78, 5) is 0. The Kier molecular flexibility index (Phi) is 3.57. The lowest BCUT2D eigenvalue weighted by atomic mass is 10.2. The molecular formula is C12H14ClN3. The predicted octanol–water partition coefficient (Wildman–Crippen LogP) is 3.26. The molecule has 0 aliphatic heterocycles. The number of hydrogen-bond acceptors (Lipinski definition) is 2. The van der Waals surface area contributed by atoms with Gasteiger partial charge in [0, 0.05) is 0 Å². The van der Waals surface area contributed by atoms with E-state index in [1.807, 2.05) is 30.5 Å². The van der Waals surface area contributed by atoms with Crippen molar-refractivity contribution in [2.24, 2.45) is 0 Å². The first-order chi connectivity index (χ1) is 7.81. The van der Waals surface area contributed by atoms with E-state index in [1.165, 1.54) is 6.42 Å². The Morgan fingerprint density at radius 3 is 2.88 bits per heavy atom. The van der Waals surface area contributed by atoms with Gasteiger partial charge in [0.1, 0.15) is 0 Å². The van der Waals surface area contributed by atoms with E-state index in [0.29, 0.717) is 5.02 Å². The zero-order valence-corrected chi connectivity index (χ0v) is 9.98. The molecular weight excluding hydrogens is 222 g/mol. The summed E-state index contributed by atoms with van der Waals surface area (Å²) < 4.78 is 1.73. The topological polar surface area (TPSA) is 30.7 Å². The molecule has 2 rings (SSSR count). The fourth-order valence-corrected chi connectivity index (χ4v) is 1.75. The van der Waals surface area contributed by atoms with E-state index in [-0.39, 0.29) is 0 Å². The highest BCUT2D eigenvalue weighted by atomic mass is 35.5. The van der Waals surface area contributed by atoms with Gasteiger partial charge in [0.2, 0.25) is 0 Å². The number of aryl methyl sites for hydroxylation is 1. The first kappa shape index (κ1) is 11.1. The summed E-state index contributed by atoms with van der Waals surface area (Å²) >= 11 is 6.08. The molecule has 0 aliphatic rings. The van der Waals surface area contributed by atoms with Crippen LogP contribution < -0.4 is 0 Å². The number of unbranched alkanes of at least 4 members (excludes halogenated alkanes) is 1. The number of aromatic nitrogens is 3. The van der Waals surface area contributed by atoms with Crippen molar-refractivity contribution in [3.05, 3.63) is 41.2 Å². The van der Waals surface area contributed by atoms with Gasteiger partial charge in [-0.2, -0.15) is 0 Å². The van der Waals surface area contributed by atoms with Gasteiger partial charge in [-0.15, -0.1) is 5.10 Å². The van der Waals surface area contributed by atoms with Gasteiger partial charge in [-0.3, -0.25) is 0 Å². The molecule has 2 aromatic rings. The molecule has 0 fully saturated rings. The Hall–Kier alpha value is -1.35. The van der Waals surface area contributed by atoms with Crippen molar-refractivity contribution in [3.63, 3.8) is 0 Å². The average Bonchev–Trinajstić information content (AvgIpc) is 2.75. The summed E-state index contributed by atoms with van der Waals surface area (Å²) in [5, 5.41) is 8.90. The normalized spacial score (nSPS) is 10.6. The highest BCUT2D eigenvalue weighted by molar-refractivity contribution is 6.32. The molecule has 0 N–H and O–H groups in total. The average molecular weight is 236 g/mol. The number of para-hydroxylation sites is 1. The van der Waals surface area contributed by atoms with Gasteiger partial charge >= 0.3 is 0 Å². The van der Waals surface area contributed by atoms with Crippen molar-refractivity contribution < 1.29 is 0 Å². The van der Waals surface area contributed by atoms with Gasteiger partial charge in [0.05, 0.1) is 22.6 Å². The molecule has 0 radical (unpaired) electrons. The summed E-state index contributed by atoms with van der Waals surface area (Å²) in [7, 11) is 0. The number of hydrogen-bond donors (Lipinski definition) is 0. The minimum atomic E-state index is 0.689. The zero-order valence-electron chi connectivity index (χ0n) is 9.23. The maximum atomic E-state index is 6.08. The number of benzene rings is 1. The second kappa shape index (κ2) is 5.12. The minimum Gasteiger partial charge on any atom is -0.219 e. The molecule has 0 unspecified atom stereocenters. The summed E-state index contributed by atoms with van der Waals surface area (Å²) in [6, 6.07) is 7.63. The largest absolute Gasteiger partial charge is 0.219 e. The Morgan fingerprint density at radius 2 is 2.12 bits per heavy atom. The molecule has 0 amide bonds. The van der Waals surface area contributed by atoms with Crippen molar-refractivity contribution in [2.45, 2.75) is 26.2 Å². The number of rotatable bonds is 4. The SMILES string of the molecule is CCCCc1cn(-c2ccccc2Cl)nn1. The molecule has 0 saturated heterocycles. The van der Waals surface area contributed by atoms with Crippen LogP contribution in [-0.4, -0.2) is 15.0 Å². The second-order valence-corrected chi connectivity index (χ2v) is 4.12. The highest BCUT2D eigenvalue weighted by Crippen LogP contribution is 2.18. The lowest BCUT2D eigenvalue weighted by Gasteiger charge is -2.01. The van der Waals surface area contributed by atoms with Gasteiger partial charge in [0.25, 0.3) is 0 Å². The lowest BCUT2D eigenvalue weighted by Crippen LogP contribution is -1.95. The maximum Gasteiger partial charge on any atom is 0.0849 e. The van der Waals surface area contributed by atoms with Crippen LogP contribution in [0.15, 0.2) is 30.5 Å². The van der Waals surface area contributed by atoms with Crippen molar-refractivity contribution >= 4 is 11.6 Å². The Bertz CT molecular complexity index is 465. The molecule has 0 atom stereocenters. The molecule has 84 valence electrons. The van der Waals surface area contributed by atoms with Gasteiger partial charge < -0.3 is 0 Å². The summed E-state index contributed by atoms with van der Waals surface area (Å²) in [5.41, 5.74) is 1.89. The Balaban J connectivity index is 2.22. The van der Waals surface area contributed by atoms with Crippen LogP contribution in [0.5, 0.6) is 0 Å². The van der Waals surface area contributed by atoms with Crippen LogP contribution in [0.25, 0.3) is 5.69 Å². The van der Waals surface area contributed by atoms with Crippen LogP contribution in [0.3, 0.4) is 0 Å². The fourth-order valence-electron chi connectivity index (χ4n) is 1.53. The van der Waals surface area contributed by atoms with Crippen LogP contribution in [0, 0.1) is 0 Å². The highest BCUT2D eigenvalue weighted by Gasteiger charge is 2.05. The van der Waals surface area contributed by atoms with E-state index >= 15 is 0 Å². The van der Waals surface area contributed by atoms with Crippen molar-refractivity contribution in [1.29, 1.82) is 0 Å². The summed E-state index contributed by atoms with van der Waals surface area (Å²) in [6.45, 7) is 2.17. The van der Waals surface area contributed by atoms with E-state index in [2.05, 4.69) is 17.2 Å². The van der Waals surface area contributed by atoms with E-state index in [4.69, 9.17) is 11.6 Å². The van der Waals surface area contributed by atoms with Crippen molar-refractivity contribution in [2.75, 3.05) is 0 Å². The summed E-state index contributed by atoms with van der Waals surface area (Å²) in [6.07, 6.45) is 5.22. The van der Waals surface area contributed by atoms with Crippen LogP contribution >= 0.6 is 11.6 Å². The molecule has 3 nitrogen and oxygen atoms in total. The maximum absolute atomic E-state index is 6.08. The molecule has 0 bridgehead atoms. The first-order valence-corrected chi connectivity index (χ1v) is 5.85. The zero-order chi connectivity index (χ0) is 11.4. The molecule has 1 aromatic heterocycles. The molecule has 0 aliphatic carbocycles. The molecule has 16 heavy (non-hydrogen) atoms. The fraction of sp³-hybridized carbons (Fsp3) is 0.333. The second-order valence-electron chi connectivity index (χ2n) is 3.71. The Morgan fingerprint density at radius 1 is 1.31 bits per heavy atom. The third-order valence-corrected chi connectivity index (χ3v) is 2.75. The van der Waals surface area contributed by atoms with Gasteiger partial charge in [-0.25, -0.2) is 4.68 Å². The van der Waals surface area contributed by atoms with Gasteiger partial charge in [-0.05, 0) is 25.0 Å². The molecule has 1 heterocycles. The van der Waals surface area contributed by atoms with Crippen LogP contribution in [-0.2, 0) is 6.42 Å². The minimum absolute atomic E-state index is 0.689. The number of nitrogens with zero attached hydrogens (tertiary/aromatic N) is 3. The van der Waals surface area contributed by atoms with Crippen molar-refractivity contribution in [1.82, 2.24) is 15.0 Å². The smallest absolute Gasteiger partial charge is 0.0849 e. The Labute approximate surface area is 100 Å². The van der Waals surface area contributed by atoms with Gasteiger partial charge in [-0.1, -0.05) is 42.3 Å². The number of halogens is 1. The quantitative estimate of drug-likeness (QED) is 0.815. The van der Waals surface area contributed by atoms with Gasteiger partial charge in [0.15, 0.2) is 0 Å². The lowest BCUT2D eigenvalue weighted by molar-refractivity contribution is 0.761. The van der Waals surface area contributed by atoms with E-state index in [9.17, 15) is 0 Å². The van der Waals surface area contributed by atoms with Crippen LogP contribution in [0.2, 0.25) is 5.02 Å². The van der Waals surface area contributed by atoms with E-state index in [0.717, 1.165) is 24.2 Å². The predicted molar refractivity (Wildman–Crippen MR) is 65.0 cm³/mol. The van der Waals surface area contributed by atoms with Crippen molar-refractivity contribution in [3.8, 4) is 5.69 Å². The van der Waals surface area contributed by atoms with Crippen LogP contribution in [0.1, 0.15) is 25.5 Å². The third kappa shape index (κ3) is 2.42. The standard InChI is InChI=1S/C12H14ClN3/c1-2-3-6-10-9-16(15-14-10)12-8-5-4-7-11(12)13/h4-5,7-9H,2-3,6H2,1H3. The molecule has 0 spiro atoms. The third-order valence-electron chi connectivity index (χ3n) is 2.43. The molecule has 1 aromatic carbocycles. The molecule has 4 heteroatoms.